The van der Waals surface area contributed by atoms with Crippen LogP contribution in [0.15, 0.2) is 42.9 Å². The normalized spacial score (nSPS) is 10.0. The third-order valence-electron chi connectivity index (χ3n) is 2.76. The zero-order valence-corrected chi connectivity index (χ0v) is 11.0. The highest BCUT2D eigenvalue weighted by atomic mass is 16.2. The van der Waals surface area contributed by atoms with E-state index in [2.05, 4.69) is 15.3 Å². The van der Waals surface area contributed by atoms with Crippen LogP contribution in [0.25, 0.3) is 0 Å². The minimum Gasteiger partial charge on any atom is -0.387 e. The van der Waals surface area contributed by atoms with Crippen LogP contribution in [0.4, 0.5) is 5.69 Å². The van der Waals surface area contributed by atoms with Gasteiger partial charge in [-0.05, 0) is 23.8 Å². The lowest BCUT2D eigenvalue weighted by molar-refractivity contribution is 0.0779. The molecule has 0 atom stereocenters. The molecule has 2 heterocycles. The van der Waals surface area contributed by atoms with E-state index in [4.69, 9.17) is 0 Å². The standard InChI is InChI=1S/C14H16N4O/c1-15-12-5-6-13(17-9-12)14(19)18(2)10-11-4-3-7-16-8-11/h3-9,15H,10H2,1-2H3. The fourth-order valence-corrected chi connectivity index (χ4v) is 1.70. The van der Waals surface area contributed by atoms with E-state index in [1.807, 2.05) is 25.2 Å². The van der Waals surface area contributed by atoms with Gasteiger partial charge in [0.15, 0.2) is 0 Å². The summed E-state index contributed by atoms with van der Waals surface area (Å²) in [5.41, 5.74) is 2.31. The van der Waals surface area contributed by atoms with Crippen LogP contribution >= 0.6 is 0 Å². The van der Waals surface area contributed by atoms with Gasteiger partial charge in [-0.1, -0.05) is 6.07 Å². The molecule has 0 aromatic carbocycles. The van der Waals surface area contributed by atoms with Crippen molar-refractivity contribution in [2.24, 2.45) is 0 Å². The maximum atomic E-state index is 12.2. The number of nitrogens with one attached hydrogen (secondary N) is 1. The van der Waals surface area contributed by atoms with E-state index in [1.165, 1.54) is 0 Å². The molecule has 2 rings (SSSR count). The molecule has 0 bridgehead atoms. The number of carbonyl (C=O) groups excluding carboxylic acids is 1. The van der Waals surface area contributed by atoms with Gasteiger partial charge in [0.2, 0.25) is 0 Å². The predicted octanol–water partition coefficient (Wildman–Crippen LogP) is 1.79. The highest BCUT2D eigenvalue weighted by Gasteiger charge is 2.13. The van der Waals surface area contributed by atoms with Crippen molar-refractivity contribution in [2.45, 2.75) is 6.54 Å². The fraction of sp³-hybridized carbons (Fsp3) is 0.214. The van der Waals surface area contributed by atoms with Gasteiger partial charge in [0, 0.05) is 33.0 Å². The Morgan fingerprint density at radius 2 is 2.16 bits per heavy atom. The molecule has 98 valence electrons. The summed E-state index contributed by atoms with van der Waals surface area (Å²) >= 11 is 0. The molecular weight excluding hydrogens is 240 g/mol. The molecule has 1 amide bonds. The molecule has 0 fully saturated rings. The van der Waals surface area contributed by atoms with E-state index in [0.29, 0.717) is 12.2 Å². The number of anilines is 1. The van der Waals surface area contributed by atoms with Crippen molar-refractivity contribution >= 4 is 11.6 Å². The van der Waals surface area contributed by atoms with Gasteiger partial charge in [0.25, 0.3) is 5.91 Å². The van der Waals surface area contributed by atoms with Gasteiger partial charge >= 0.3 is 0 Å². The number of nitrogens with zero attached hydrogens (tertiary/aromatic N) is 3. The number of hydrogen-bond acceptors (Lipinski definition) is 4. The molecule has 5 nitrogen and oxygen atoms in total. The van der Waals surface area contributed by atoms with Crippen molar-refractivity contribution < 1.29 is 4.79 Å². The molecule has 5 heteroatoms. The Labute approximate surface area is 112 Å². The van der Waals surface area contributed by atoms with E-state index in [0.717, 1.165) is 11.3 Å². The summed E-state index contributed by atoms with van der Waals surface area (Å²) in [5, 5.41) is 2.97. The summed E-state index contributed by atoms with van der Waals surface area (Å²) in [4.78, 5) is 22.0. The first-order chi connectivity index (χ1) is 9.20. The zero-order chi connectivity index (χ0) is 13.7. The van der Waals surface area contributed by atoms with Gasteiger partial charge in [0.05, 0.1) is 11.9 Å². The van der Waals surface area contributed by atoms with Crippen LogP contribution in [-0.2, 0) is 6.54 Å². The first-order valence-electron chi connectivity index (χ1n) is 5.99. The molecule has 0 aliphatic rings. The van der Waals surface area contributed by atoms with Crippen molar-refractivity contribution in [3.05, 3.63) is 54.1 Å². The Balaban J connectivity index is 2.06. The number of pyridine rings is 2. The van der Waals surface area contributed by atoms with Crippen LogP contribution in [-0.4, -0.2) is 34.9 Å². The Hall–Kier alpha value is -2.43. The fourth-order valence-electron chi connectivity index (χ4n) is 1.70. The SMILES string of the molecule is CNc1ccc(C(=O)N(C)Cc2cccnc2)nc1. The second-order valence-corrected chi connectivity index (χ2v) is 4.20. The van der Waals surface area contributed by atoms with Gasteiger partial charge in [-0.2, -0.15) is 0 Å². The maximum absolute atomic E-state index is 12.2. The average molecular weight is 256 g/mol. The molecule has 0 radical (unpaired) electrons. The molecule has 0 spiro atoms. The number of aromatic nitrogens is 2. The van der Waals surface area contributed by atoms with E-state index in [-0.39, 0.29) is 5.91 Å². The average Bonchev–Trinajstić information content (AvgIpc) is 2.47. The molecule has 19 heavy (non-hydrogen) atoms. The molecule has 0 unspecified atom stereocenters. The second-order valence-electron chi connectivity index (χ2n) is 4.20. The highest BCUT2D eigenvalue weighted by molar-refractivity contribution is 5.92. The summed E-state index contributed by atoms with van der Waals surface area (Å²) < 4.78 is 0. The third-order valence-corrected chi connectivity index (χ3v) is 2.76. The minimum absolute atomic E-state index is 0.105. The van der Waals surface area contributed by atoms with Crippen molar-refractivity contribution in [2.75, 3.05) is 19.4 Å². The van der Waals surface area contributed by atoms with Gasteiger partial charge < -0.3 is 10.2 Å². The summed E-state index contributed by atoms with van der Waals surface area (Å²) in [6, 6.07) is 7.34. The van der Waals surface area contributed by atoms with Gasteiger partial charge in [-0.15, -0.1) is 0 Å². The van der Waals surface area contributed by atoms with Crippen molar-refractivity contribution in [1.82, 2.24) is 14.9 Å². The van der Waals surface area contributed by atoms with Gasteiger partial charge in [0.1, 0.15) is 5.69 Å². The molecule has 0 aliphatic heterocycles. The maximum Gasteiger partial charge on any atom is 0.272 e. The van der Waals surface area contributed by atoms with E-state index in [9.17, 15) is 4.79 Å². The predicted molar refractivity (Wildman–Crippen MR) is 73.8 cm³/mol. The topological polar surface area (TPSA) is 58.1 Å². The second kappa shape index (κ2) is 5.95. The van der Waals surface area contributed by atoms with Crippen LogP contribution in [0.1, 0.15) is 16.1 Å². The third kappa shape index (κ3) is 3.28. The molecule has 1 N–H and O–H groups in total. The van der Waals surface area contributed by atoms with Crippen molar-refractivity contribution in [3.8, 4) is 0 Å². The lowest BCUT2D eigenvalue weighted by Gasteiger charge is -2.16. The summed E-state index contributed by atoms with van der Waals surface area (Å²) in [7, 11) is 3.57. The Kier molecular flexibility index (Phi) is 4.07. The Morgan fingerprint density at radius 1 is 1.32 bits per heavy atom. The molecule has 2 aromatic rings. The zero-order valence-electron chi connectivity index (χ0n) is 11.0. The summed E-state index contributed by atoms with van der Waals surface area (Å²) in [5.74, 6) is -0.105. The van der Waals surface area contributed by atoms with Crippen LogP contribution in [0.2, 0.25) is 0 Å². The molecular formula is C14H16N4O. The monoisotopic (exact) mass is 256 g/mol. The number of hydrogen-bond donors (Lipinski definition) is 1. The molecule has 2 aromatic heterocycles. The smallest absolute Gasteiger partial charge is 0.272 e. The van der Waals surface area contributed by atoms with Crippen LogP contribution in [0.5, 0.6) is 0 Å². The minimum atomic E-state index is -0.105. The Bertz CT molecular complexity index is 539. The van der Waals surface area contributed by atoms with Crippen molar-refractivity contribution in [1.29, 1.82) is 0 Å². The van der Waals surface area contributed by atoms with Crippen LogP contribution in [0, 0.1) is 0 Å². The van der Waals surface area contributed by atoms with Gasteiger partial charge in [-0.3, -0.25) is 9.78 Å². The lowest BCUT2D eigenvalue weighted by atomic mass is 10.2. The van der Waals surface area contributed by atoms with E-state index >= 15 is 0 Å². The highest BCUT2D eigenvalue weighted by Crippen LogP contribution is 2.09. The summed E-state index contributed by atoms with van der Waals surface area (Å²) in [6.45, 7) is 0.516. The largest absolute Gasteiger partial charge is 0.387 e. The quantitative estimate of drug-likeness (QED) is 0.906. The van der Waals surface area contributed by atoms with Crippen LogP contribution in [0.3, 0.4) is 0 Å². The molecule has 0 aliphatic carbocycles. The number of rotatable bonds is 4. The van der Waals surface area contributed by atoms with Crippen LogP contribution < -0.4 is 5.32 Å². The molecule has 0 saturated carbocycles. The number of amides is 1. The first-order valence-corrected chi connectivity index (χ1v) is 5.99. The Morgan fingerprint density at radius 3 is 2.74 bits per heavy atom. The van der Waals surface area contributed by atoms with E-state index in [1.54, 1.807) is 36.6 Å². The van der Waals surface area contributed by atoms with E-state index < -0.39 is 0 Å². The number of carbonyl (C=O) groups is 1. The lowest BCUT2D eigenvalue weighted by Crippen LogP contribution is -2.27. The summed E-state index contributed by atoms with van der Waals surface area (Å²) in [6.07, 6.45) is 5.11. The van der Waals surface area contributed by atoms with Crippen molar-refractivity contribution in [3.63, 3.8) is 0 Å². The van der Waals surface area contributed by atoms with Gasteiger partial charge in [-0.25, -0.2) is 4.98 Å². The molecule has 0 saturated heterocycles. The first kappa shape index (κ1) is 13.0.